The zero-order valence-electron chi connectivity index (χ0n) is 20.9. The quantitative estimate of drug-likeness (QED) is 0.328. The van der Waals surface area contributed by atoms with Crippen molar-refractivity contribution in [1.29, 1.82) is 0 Å². The molecule has 0 bridgehead atoms. The van der Waals surface area contributed by atoms with Crippen molar-refractivity contribution in [3.05, 3.63) is 59.8 Å². The Morgan fingerprint density at radius 3 is 2.62 bits per heavy atom. The zero-order valence-corrected chi connectivity index (χ0v) is 20.9. The number of nitrogens with zero attached hydrogens (tertiary/aromatic N) is 5. The molecule has 37 heavy (non-hydrogen) atoms. The molecular weight excluding hydrogens is 467 g/mol. The average molecular weight is 501 g/mol. The summed E-state index contributed by atoms with van der Waals surface area (Å²) in [7, 11) is 0. The second-order valence-electron chi connectivity index (χ2n) is 10.4. The van der Waals surface area contributed by atoms with Gasteiger partial charge in [0.2, 0.25) is 5.95 Å². The number of benzene rings is 1. The Labute approximate surface area is 215 Å². The smallest absolute Gasteiger partial charge is 0.224 e. The lowest BCUT2D eigenvalue weighted by molar-refractivity contribution is 0.364. The predicted octanol–water partition coefficient (Wildman–Crippen LogP) is 5.32. The van der Waals surface area contributed by atoms with Crippen LogP contribution in [-0.4, -0.2) is 30.5 Å². The number of fused-ring (bicyclic) bond motifs is 1. The Morgan fingerprint density at radius 1 is 1.00 bits per heavy atom. The molecule has 3 heterocycles. The van der Waals surface area contributed by atoms with E-state index in [1.165, 1.54) is 25.0 Å². The molecule has 2 saturated carbocycles. The largest absolute Gasteiger partial charge is 0.368 e. The third kappa shape index (κ3) is 4.87. The molecule has 0 amide bonds. The van der Waals surface area contributed by atoms with Crippen LogP contribution in [0.3, 0.4) is 0 Å². The van der Waals surface area contributed by atoms with Gasteiger partial charge in [-0.2, -0.15) is 9.97 Å². The fourth-order valence-corrected chi connectivity index (χ4v) is 5.94. The monoisotopic (exact) mass is 500 g/mol. The number of imidazole rings is 1. The molecule has 2 unspecified atom stereocenters. The molecule has 1 aromatic carbocycles. The minimum absolute atomic E-state index is 0.215. The molecule has 4 aromatic rings. The lowest BCUT2D eigenvalue weighted by Gasteiger charge is -2.28. The van der Waals surface area contributed by atoms with Crippen molar-refractivity contribution in [2.45, 2.75) is 75.9 Å². The average Bonchev–Trinajstić information content (AvgIpc) is 3.55. The maximum atomic E-state index is 13.6. The van der Waals surface area contributed by atoms with Crippen LogP contribution in [0.25, 0.3) is 22.4 Å². The molecule has 9 heteroatoms. The molecule has 192 valence electrons. The van der Waals surface area contributed by atoms with Gasteiger partial charge in [-0.25, -0.2) is 9.37 Å². The summed E-state index contributed by atoms with van der Waals surface area (Å²) in [6, 6.07) is 10.9. The van der Waals surface area contributed by atoms with E-state index in [1.54, 1.807) is 12.3 Å². The summed E-state index contributed by atoms with van der Waals surface area (Å²) in [5.74, 6) is 2.01. The molecule has 2 atom stereocenters. The lowest BCUT2D eigenvalue weighted by atomic mass is 9.85. The fourth-order valence-electron chi connectivity index (χ4n) is 5.94. The van der Waals surface area contributed by atoms with Gasteiger partial charge in [-0.3, -0.25) is 4.98 Å². The van der Waals surface area contributed by atoms with Crippen LogP contribution in [-0.2, 0) is 6.54 Å². The van der Waals surface area contributed by atoms with E-state index in [0.717, 1.165) is 72.3 Å². The maximum Gasteiger partial charge on any atom is 0.224 e. The van der Waals surface area contributed by atoms with Gasteiger partial charge >= 0.3 is 0 Å². The number of nitrogens with one attached hydrogen (secondary N) is 1. The number of anilines is 2. The van der Waals surface area contributed by atoms with Gasteiger partial charge in [0, 0.05) is 36.3 Å². The minimum Gasteiger partial charge on any atom is -0.368 e. The van der Waals surface area contributed by atoms with Crippen LogP contribution in [0.1, 0.15) is 74.7 Å². The first-order chi connectivity index (χ1) is 18.0. The highest BCUT2D eigenvalue weighted by molar-refractivity contribution is 5.85. The van der Waals surface area contributed by atoms with Gasteiger partial charge in [-0.15, -0.1) is 0 Å². The number of hydrogen-bond acceptors (Lipinski definition) is 7. The van der Waals surface area contributed by atoms with Gasteiger partial charge in [0.05, 0.1) is 5.69 Å². The van der Waals surface area contributed by atoms with E-state index in [-0.39, 0.29) is 17.8 Å². The van der Waals surface area contributed by atoms with Crippen molar-refractivity contribution in [2.24, 2.45) is 5.73 Å². The van der Waals surface area contributed by atoms with E-state index in [0.29, 0.717) is 24.3 Å². The van der Waals surface area contributed by atoms with Crippen molar-refractivity contribution in [2.75, 3.05) is 11.1 Å². The Bertz CT molecular complexity index is 1390. The highest BCUT2D eigenvalue weighted by atomic mass is 19.1. The second-order valence-corrected chi connectivity index (χ2v) is 10.4. The first kappa shape index (κ1) is 23.8. The van der Waals surface area contributed by atoms with Crippen LogP contribution in [0, 0.1) is 5.82 Å². The summed E-state index contributed by atoms with van der Waals surface area (Å²) in [6.07, 6.45) is 10.7. The highest BCUT2D eigenvalue weighted by Crippen LogP contribution is 2.40. The molecule has 0 saturated heterocycles. The first-order valence-corrected chi connectivity index (χ1v) is 13.3. The first-order valence-electron chi connectivity index (χ1n) is 13.3. The maximum absolute atomic E-state index is 13.6. The Balaban J connectivity index is 1.30. The third-order valence-corrected chi connectivity index (χ3v) is 7.76. The van der Waals surface area contributed by atoms with Gasteiger partial charge in [-0.05, 0) is 55.9 Å². The number of rotatable bonds is 6. The predicted molar refractivity (Wildman–Crippen MR) is 143 cm³/mol. The molecule has 2 aliphatic rings. The number of aromatic nitrogens is 5. The van der Waals surface area contributed by atoms with Crippen LogP contribution < -0.4 is 16.8 Å². The van der Waals surface area contributed by atoms with E-state index in [9.17, 15) is 4.39 Å². The number of nitrogen functional groups attached to an aromatic ring is 1. The lowest BCUT2D eigenvalue weighted by Crippen LogP contribution is -2.28. The van der Waals surface area contributed by atoms with Crippen molar-refractivity contribution in [3.63, 3.8) is 0 Å². The summed E-state index contributed by atoms with van der Waals surface area (Å²) in [6.45, 7) is 0.502. The van der Waals surface area contributed by atoms with Gasteiger partial charge in [-0.1, -0.05) is 37.5 Å². The van der Waals surface area contributed by atoms with E-state index in [2.05, 4.69) is 24.8 Å². The van der Waals surface area contributed by atoms with E-state index >= 15 is 0 Å². The molecule has 5 N–H and O–H groups in total. The molecule has 6 rings (SSSR count). The van der Waals surface area contributed by atoms with Crippen LogP contribution in [0.2, 0.25) is 0 Å². The summed E-state index contributed by atoms with van der Waals surface area (Å²) in [4.78, 5) is 18.9. The zero-order chi connectivity index (χ0) is 25.4. The molecule has 0 spiro atoms. The molecule has 0 aliphatic heterocycles. The van der Waals surface area contributed by atoms with Crippen LogP contribution in [0.15, 0.2) is 42.6 Å². The minimum atomic E-state index is -0.276. The fraction of sp³-hybridized carbons (Fsp3) is 0.429. The van der Waals surface area contributed by atoms with Crippen molar-refractivity contribution >= 4 is 22.9 Å². The Kier molecular flexibility index (Phi) is 6.46. The van der Waals surface area contributed by atoms with Crippen LogP contribution >= 0.6 is 0 Å². The van der Waals surface area contributed by atoms with Crippen molar-refractivity contribution in [1.82, 2.24) is 24.5 Å². The van der Waals surface area contributed by atoms with Gasteiger partial charge in [0.15, 0.2) is 17.0 Å². The van der Waals surface area contributed by atoms with Crippen LogP contribution in [0.5, 0.6) is 0 Å². The standard InChI is InChI=1S/C28H33FN8/c29-20-7-3-5-18(13-20)23-12-11-17(15-32-23)16-33-25-24-27(36-28(31)35-25)37(22-9-1-2-10-22)26(34-24)19-6-4-8-21(30)14-19/h3,5,7,11-13,15,19,21-22H,1-2,4,6,8-10,14,16,30H2,(H3,31,33,35,36). The summed E-state index contributed by atoms with van der Waals surface area (Å²) < 4.78 is 15.9. The summed E-state index contributed by atoms with van der Waals surface area (Å²) in [5.41, 5.74) is 16.6. The van der Waals surface area contributed by atoms with E-state index in [1.807, 2.05) is 18.2 Å². The molecule has 0 radical (unpaired) electrons. The van der Waals surface area contributed by atoms with Crippen LogP contribution in [0.4, 0.5) is 16.2 Å². The van der Waals surface area contributed by atoms with Gasteiger partial charge in [0.1, 0.15) is 11.6 Å². The Morgan fingerprint density at radius 2 is 1.86 bits per heavy atom. The normalized spacial score (nSPS) is 20.5. The van der Waals surface area contributed by atoms with E-state index in [4.69, 9.17) is 16.5 Å². The number of nitrogens with two attached hydrogens (primary N) is 2. The Hall–Kier alpha value is -3.59. The van der Waals surface area contributed by atoms with Gasteiger partial charge in [0.25, 0.3) is 0 Å². The molecule has 2 aliphatic carbocycles. The second kappa shape index (κ2) is 10.0. The third-order valence-electron chi connectivity index (χ3n) is 7.76. The van der Waals surface area contributed by atoms with Gasteiger partial charge < -0.3 is 21.4 Å². The molecule has 8 nitrogen and oxygen atoms in total. The SMILES string of the molecule is Nc1nc(NCc2ccc(-c3cccc(F)c3)nc2)c2nc(C3CCCC(N)C3)n(C3CCCC3)c2n1. The van der Waals surface area contributed by atoms with Crippen molar-refractivity contribution < 1.29 is 4.39 Å². The van der Waals surface area contributed by atoms with Crippen molar-refractivity contribution in [3.8, 4) is 11.3 Å². The number of hydrogen-bond donors (Lipinski definition) is 3. The number of pyridine rings is 1. The number of halogens is 1. The highest BCUT2D eigenvalue weighted by Gasteiger charge is 2.31. The topological polar surface area (TPSA) is 121 Å². The van der Waals surface area contributed by atoms with E-state index < -0.39 is 0 Å². The molecule has 3 aromatic heterocycles. The summed E-state index contributed by atoms with van der Waals surface area (Å²) >= 11 is 0. The summed E-state index contributed by atoms with van der Waals surface area (Å²) in [5, 5.41) is 3.42. The molecular formula is C28H33FN8. The molecule has 2 fully saturated rings.